The van der Waals surface area contributed by atoms with Gasteiger partial charge in [-0.1, -0.05) is 12.1 Å². The summed E-state index contributed by atoms with van der Waals surface area (Å²) in [7, 11) is 4.87. The van der Waals surface area contributed by atoms with Crippen molar-refractivity contribution >= 4 is 115 Å². The van der Waals surface area contributed by atoms with Crippen molar-refractivity contribution < 1.29 is 87.2 Å². The summed E-state index contributed by atoms with van der Waals surface area (Å²) < 4.78 is 43.8. The molecule has 544 valence electrons. The van der Waals surface area contributed by atoms with E-state index in [2.05, 4.69) is 46.8 Å². The number of methoxy groups -OCH3 is 1. The van der Waals surface area contributed by atoms with E-state index < -0.39 is 128 Å². The first-order valence-corrected chi connectivity index (χ1v) is 36.8. The van der Waals surface area contributed by atoms with Gasteiger partial charge < -0.3 is 90.5 Å². The maximum atomic E-state index is 15.2. The van der Waals surface area contributed by atoms with E-state index in [-0.39, 0.29) is 111 Å². The zero-order chi connectivity index (χ0) is 72.7. The largest absolute Gasteiger partial charge is 0.506 e. The Kier molecular flexibility index (Phi) is 21.3. The summed E-state index contributed by atoms with van der Waals surface area (Å²) in [5.74, 6) is -6.11. The van der Waals surface area contributed by atoms with Crippen LogP contribution in [0.3, 0.4) is 0 Å². The number of allylic oxidation sites excluding steroid dienone is 1. The van der Waals surface area contributed by atoms with Crippen LogP contribution in [0.25, 0.3) is 49.3 Å². The van der Waals surface area contributed by atoms with Crippen molar-refractivity contribution in [1.82, 2.24) is 76.3 Å². The molecule has 103 heavy (non-hydrogen) atoms. The molecule has 0 saturated carbocycles. The summed E-state index contributed by atoms with van der Waals surface area (Å²) in [5.41, 5.74) is -1.59. The van der Waals surface area contributed by atoms with Gasteiger partial charge in [-0.2, -0.15) is 4.73 Å². The Morgan fingerprint density at radius 2 is 1.52 bits per heavy atom. The standard InChI is InChI=1S/C65H71N15O18S5/c1-28(81)44-56(86)76-45(29(2)92-7)59-72-39(27-102-59)55(85)77-48-50-51(98-42-18-65(4,90)52(78(5)6)30(3)97-42)63(88)95-20-31-9-8-10-40-43(31)34(21-94-50)49(80(40)91)62(87)96-22-35(69-53(83)37-26-103-61(48)73-37)58-70-36(24-101-58)46-33(57-71-38(25-100-57)54(84)75-44)17-41(82)47(74-46)60-68-32(23-99-60)19-67-64(89)66-11-12-79-13-15-93-16-14-79/h8-10,17,23-28,30,35,42,44,48,50-52,81-82,90-91H,11-16,18-22H2,1-7H3,(H,69,83)(H,75,84)(H,76,86)(H,77,85)(H2,66,67,89)/b45-29+. The Hall–Kier alpha value is -9.03. The van der Waals surface area contributed by atoms with Crippen molar-refractivity contribution in [2.24, 2.45) is 0 Å². The second-order valence-electron chi connectivity index (χ2n) is 25.2. The number of likely N-dealkylation sites (N-methyl/N-ethyl adjacent to an activating group) is 1. The summed E-state index contributed by atoms with van der Waals surface area (Å²) >= 11 is 4.85. The molecule has 1 aromatic carbocycles. The number of amides is 6. The van der Waals surface area contributed by atoms with Crippen molar-refractivity contribution in [3.05, 3.63) is 112 Å². The van der Waals surface area contributed by atoms with Crippen LogP contribution < -0.4 is 31.9 Å². The smallest absolute Gasteiger partial charge is 0.358 e. The predicted octanol–water partition coefficient (Wildman–Crippen LogP) is 4.29. The number of nitrogens with one attached hydrogen (secondary N) is 6. The highest BCUT2D eigenvalue weighted by molar-refractivity contribution is 7.14. The number of fused-ring (bicyclic) bond motifs is 15. The van der Waals surface area contributed by atoms with Crippen LogP contribution in [0, 0.1) is 0 Å². The van der Waals surface area contributed by atoms with Crippen molar-refractivity contribution in [2.75, 3.05) is 67.2 Å². The number of hydrogen-bond donors (Lipinski definition) is 10. The number of urea groups is 1. The summed E-state index contributed by atoms with van der Waals surface area (Å²) in [6, 6.07) is 0.467. The van der Waals surface area contributed by atoms with E-state index in [1.54, 1.807) is 55.7 Å². The van der Waals surface area contributed by atoms with Gasteiger partial charge in [0, 0.05) is 76.0 Å². The van der Waals surface area contributed by atoms with Crippen molar-refractivity contribution in [2.45, 2.75) is 114 Å². The molecular weight excluding hydrogens is 1440 g/mol. The Labute approximate surface area is 606 Å². The molecule has 0 aliphatic carbocycles. The molecule has 0 radical (unpaired) electrons. The summed E-state index contributed by atoms with van der Waals surface area (Å²) in [6.45, 7) is 8.19. The Balaban J connectivity index is 0.939. The molecule has 10 unspecified atom stereocenters. The lowest BCUT2D eigenvalue weighted by molar-refractivity contribution is -0.280. The predicted molar refractivity (Wildman–Crippen MR) is 372 cm³/mol. The molecule has 13 rings (SSSR count). The average Bonchev–Trinajstić information content (AvgIpc) is 1.65. The number of thiazole rings is 5. The van der Waals surface area contributed by atoms with Crippen LogP contribution in [0.4, 0.5) is 4.79 Å². The van der Waals surface area contributed by atoms with E-state index in [1.807, 2.05) is 0 Å². The van der Waals surface area contributed by atoms with E-state index in [9.17, 15) is 34.9 Å². The quantitative estimate of drug-likeness (QED) is 0.0490. The molecule has 10 atom stereocenters. The van der Waals surface area contributed by atoms with E-state index in [4.69, 9.17) is 53.1 Å². The minimum absolute atomic E-state index is 0.000921. The van der Waals surface area contributed by atoms with Gasteiger partial charge in [-0.25, -0.2) is 44.3 Å². The fraction of sp³-hybridized carbons (Fsp3) is 0.431. The number of ether oxygens (including phenoxy) is 7. The second kappa shape index (κ2) is 30.3. The molecule has 5 aliphatic rings. The highest BCUT2D eigenvalue weighted by Gasteiger charge is 2.50. The molecule has 10 N–H and O–H groups in total. The normalized spacial score (nSPS) is 24.6. The monoisotopic (exact) mass is 1510 g/mol. The fourth-order valence-corrected chi connectivity index (χ4v) is 17.1. The van der Waals surface area contributed by atoms with Crippen LogP contribution in [0.2, 0.25) is 0 Å². The molecule has 38 heteroatoms. The van der Waals surface area contributed by atoms with Gasteiger partial charge in [-0.15, -0.1) is 56.7 Å². The average molecular weight is 1510 g/mol. The van der Waals surface area contributed by atoms with Crippen LogP contribution >= 0.6 is 56.7 Å². The number of rotatable bonds is 11. The SMILES string of the molecule is CO/C(C)=C1/NC(=O)C(C(C)O)NC(=O)c2csc(n2)-c2cc(O)c(-c3nc(CNC(=O)NCCN4CCOCC4)cs3)nc2-c2csc(n2)C2COC(=O)c3c4c5c(cccc5n3O)COC(=O)C(OC3CC(C)(O)C(N(C)C)C(C)O3)C(OC4)C(NC(=O)c3csc1n3)c1nc(cs1)C(=O)N2. The minimum Gasteiger partial charge on any atom is -0.506 e. The molecule has 2 saturated heterocycles. The summed E-state index contributed by atoms with van der Waals surface area (Å²) in [4.78, 5) is 135. The first kappa shape index (κ1) is 72.3. The van der Waals surface area contributed by atoms with E-state index in [1.165, 1.54) is 49.2 Å². The molecule has 7 aromatic heterocycles. The topological polar surface area (TPSA) is 426 Å². The molecule has 5 aliphatic heterocycles. The fourth-order valence-electron chi connectivity index (χ4n) is 12.9. The summed E-state index contributed by atoms with van der Waals surface area (Å²) in [6.07, 6.45) is -7.47. The summed E-state index contributed by atoms with van der Waals surface area (Å²) in [5, 5.41) is 72.1. The Morgan fingerprint density at radius 3 is 2.27 bits per heavy atom. The third-order valence-corrected chi connectivity index (χ3v) is 22.3. The minimum atomic E-state index is -1.90. The van der Waals surface area contributed by atoms with Gasteiger partial charge >= 0.3 is 18.0 Å². The number of pyridine rings is 1. The number of nitrogens with zero attached hydrogens (tertiary/aromatic N) is 9. The first-order valence-electron chi connectivity index (χ1n) is 32.4. The number of cyclic esters (lactones) is 2. The molecule has 33 nitrogen and oxygen atoms in total. The van der Waals surface area contributed by atoms with Gasteiger partial charge in [-0.3, -0.25) is 24.1 Å². The van der Waals surface area contributed by atoms with Gasteiger partial charge in [0.25, 0.3) is 17.7 Å². The molecule has 12 bridgehead atoms. The number of hydrogen-bond acceptors (Lipinski definition) is 31. The molecule has 2 fully saturated rings. The maximum absolute atomic E-state index is 15.2. The Bertz CT molecular complexity index is 4610. The third kappa shape index (κ3) is 15.2. The maximum Gasteiger partial charge on any atom is 0.358 e. The molecule has 12 heterocycles. The van der Waals surface area contributed by atoms with Crippen molar-refractivity contribution in [1.29, 1.82) is 0 Å². The highest BCUT2D eigenvalue weighted by atomic mass is 32.1. The van der Waals surface area contributed by atoms with E-state index in [0.717, 1.165) is 69.8 Å². The molecule has 6 amide bonds. The van der Waals surface area contributed by atoms with Crippen LogP contribution in [-0.2, 0) is 62.5 Å². The van der Waals surface area contributed by atoms with Crippen molar-refractivity contribution in [3.63, 3.8) is 0 Å². The number of esters is 2. The number of morpholine rings is 1. The van der Waals surface area contributed by atoms with E-state index in [0.29, 0.717) is 42.3 Å². The van der Waals surface area contributed by atoms with Gasteiger partial charge in [0.15, 0.2) is 18.1 Å². The number of aromatic hydroxyl groups is 1. The number of aromatic nitrogens is 7. The van der Waals surface area contributed by atoms with Gasteiger partial charge in [0.1, 0.15) is 114 Å². The lowest BCUT2D eigenvalue weighted by Gasteiger charge is -2.48. The third-order valence-electron chi connectivity index (χ3n) is 17.8. The van der Waals surface area contributed by atoms with Gasteiger partial charge in [0.05, 0.1) is 68.5 Å². The number of aliphatic hydroxyl groups is 2. The highest BCUT2D eigenvalue weighted by Crippen LogP contribution is 2.43. The lowest BCUT2D eigenvalue weighted by atomic mass is 9.85. The number of carbonyl (C=O) groups excluding carboxylic acids is 7. The van der Waals surface area contributed by atoms with Crippen LogP contribution in [-0.4, -0.2) is 222 Å². The number of aliphatic hydroxyl groups excluding tert-OH is 1. The molecule has 0 spiro atoms. The van der Waals surface area contributed by atoms with E-state index >= 15 is 19.2 Å². The zero-order valence-electron chi connectivity index (χ0n) is 56.2. The molecular formula is C65H71N15O18S5. The lowest BCUT2D eigenvalue weighted by Crippen LogP contribution is -2.62. The molecule has 8 aromatic rings. The van der Waals surface area contributed by atoms with Crippen LogP contribution in [0.5, 0.6) is 5.75 Å². The Morgan fingerprint density at radius 1 is 0.835 bits per heavy atom. The van der Waals surface area contributed by atoms with Gasteiger partial charge in [0.2, 0.25) is 5.91 Å². The van der Waals surface area contributed by atoms with Crippen LogP contribution in [0.15, 0.2) is 56.9 Å². The van der Waals surface area contributed by atoms with Crippen LogP contribution in [0.1, 0.15) is 120 Å². The van der Waals surface area contributed by atoms with Crippen molar-refractivity contribution in [3.8, 4) is 38.4 Å². The number of carbonyl (C=O) groups is 7. The van der Waals surface area contributed by atoms with Gasteiger partial charge in [-0.05, 0) is 59.5 Å². The zero-order valence-corrected chi connectivity index (χ0v) is 60.3. The number of benzene rings is 1. The first-order chi connectivity index (χ1) is 49.4. The second-order valence-corrected chi connectivity index (χ2v) is 29.6.